The maximum atomic E-state index is 7.33. The molecule has 0 amide bonds. The van der Waals surface area contributed by atoms with Crippen LogP contribution in [0.2, 0.25) is 0 Å². The number of nitrogens with one attached hydrogen (secondary N) is 2. The van der Waals surface area contributed by atoms with E-state index in [0.29, 0.717) is 11.5 Å². The Kier molecular flexibility index (Phi) is 4.52. The van der Waals surface area contributed by atoms with Crippen molar-refractivity contribution >= 4 is 11.5 Å². The summed E-state index contributed by atoms with van der Waals surface area (Å²) in [7, 11) is 1.73. The minimum absolute atomic E-state index is 0.0856. The topological polar surface area (TPSA) is 74.3 Å². The van der Waals surface area contributed by atoms with E-state index in [4.69, 9.17) is 11.1 Å². The minimum Gasteiger partial charge on any atom is -0.396 e. The number of nitrogens with two attached hydrogens (primary N) is 1. The SMILES string of the molecule is C/N=C(\C(N)=C(/C)NC(C)=N)C(C)(C)C. The molecule has 0 radical (unpaired) electrons. The van der Waals surface area contributed by atoms with Gasteiger partial charge in [0.25, 0.3) is 0 Å². The van der Waals surface area contributed by atoms with E-state index in [0.717, 1.165) is 11.4 Å². The van der Waals surface area contributed by atoms with Crippen LogP contribution in [0.3, 0.4) is 0 Å². The van der Waals surface area contributed by atoms with E-state index >= 15 is 0 Å². The van der Waals surface area contributed by atoms with Crippen molar-refractivity contribution in [3.8, 4) is 0 Å². The van der Waals surface area contributed by atoms with Crippen molar-refractivity contribution in [3.05, 3.63) is 11.4 Å². The van der Waals surface area contributed by atoms with Crippen molar-refractivity contribution < 1.29 is 0 Å². The van der Waals surface area contributed by atoms with Gasteiger partial charge in [-0.3, -0.25) is 10.4 Å². The van der Waals surface area contributed by atoms with Crippen molar-refractivity contribution in [2.45, 2.75) is 34.6 Å². The summed E-state index contributed by atoms with van der Waals surface area (Å²) < 4.78 is 0. The molecule has 0 heterocycles. The van der Waals surface area contributed by atoms with Gasteiger partial charge in [0.05, 0.1) is 17.2 Å². The van der Waals surface area contributed by atoms with Crippen molar-refractivity contribution in [1.29, 1.82) is 5.41 Å². The molecular formula is C11H22N4. The normalized spacial score (nSPS) is 14.7. The molecule has 0 bridgehead atoms. The summed E-state index contributed by atoms with van der Waals surface area (Å²) in [5, 5.41) is 10.2. The van der Waals surface area contributed by atoms with Gasteiger partial charge in [-0.2, -0.15) is 0 Å². The molecular weight excluding hydrogens is 188 g/mol. The van der Waals surface area contributed by atoms with Gasteiger partial charge in [0.2, 0.25) is 0 Å². The van der Waals surface area contributed by atoms with E-state index < -0.39 is 0 Å². The highest BCUT2D eigenvalue weighted by molar-refractivity contribution is 6.03. The average Bonchev–Trinajstić information content (AvgIpc) is 2.01. The Bertz CT molecular complexity index is 305. The summed E-state index contributed by atoms with van der Waals surface area (Å²) in [4.78, 5) is 4.21. The summed E-state index contributed by atoms with van der Waals surface area (Å²) in [6.45, 7) is 9.72. The molecule has 0 aliphatic rings. The van der Waals surface area contributed by atoms with E-state index in [1.165, 1.54) is 0 Å². The molecule has 4 nitrogen and oxygen atoms in total. The average molecular weight is 210 g/mol. The predicted octanol–water partition coefficient (Wildman–Crippen LogP) is 1.88. The van der Waals surface area contributed by atoms with Crippen LogP contribution < -0.4 is 11.1 Å². The van der Waals surface area contributed by atoms with Crippen LogP contribution in [-0.2, 0) is 0 Å². The summed E-state index contributed by atoms with van der Waals surface area (Å²) in [6.07, 6.45) is 0. The van der Waals surface area contributed by atoms with Gasteiger partial charge in [0, 0.05) is 18.2 Å². The maximum Gasteiger partial charge on any atom is 0.0942 e. The molecule has 0 aliphatic carbocycles. The Hall–Kier alpha value is -1.32. The second kappa shape index (κ2) is 4.96. The number of amidine groups is 1. The lowest BCUT2D eigenvalue weighted by Gasteiger charge is -2.23. The first-order chi connectivity index (χ1) is 6.70. The maximum absolute atomic E-state index is 7.33. The lowest BCUT2D eigenvalue weighted by Crippen LogP contribution is -2.31. The van der Waals surface area contributed by atoms with Crippen molar-refractivity contribution in [2.24, 2.45) is 16.1 Å². The molecule has 0 rings (SSSR count). The molecule has 0 unspecified atom stereocenters. The van der Waals surface area contributed by atoms with Gasteiger partial charge in [-0.1, -0.05) is 20.8 Å². The van der Waals surface area contributed by atoms with E-state index in [-0.39, 0.29) is 5.41 Å². The monoisotopic (exact) mass is 210 g/mol. The first kappa shape index (κ1) is 13.7. The highest BCUT2D eigenvalue weighted by atomic mass is 15.0. The highest BCUT2D eigenvalue weighted by Gasteiger charge is 2.21. The zero-order chi connectivity index (χ0) is 12.2. The first-order valence-corrected chi connectivity index (χ1v) is 4.96. The van der Waals surface area contributed by atoms with Crippen molar-refractivity contribution in [2.75, 3.05) is 7.05 Å². The number of hydrogen-bond donors (Lipinski definition) is 3. The van der Waals surface area contributed by atoms with Crippen LogP contribution in [0.5, 0.6) is 0 Å². The summed E-state index contributed by atoms with van der Waals surface area (Å²) in [5.74, 6) is 0.375. The molecule has 86 valence electrons. The molecule has 0 saturated heterocycles. The smallest absolute Gasteiger partial charge is 0.0942 e. The number of hydrogen-bond acceptors (Lipinski definition) is 3. The molecule has 0 aliphatic heterocycles. The largest absolute Gasteiger partial charge is 0.396 e. The summed E-state index contributed by atoms with van der Waals surface area (Å²) in [5.41, 5.74) is 8.16. The lowest BCUT2D eigenvalue weighted by molar-refractivity contribution is 0.588. The molecule has 0 aromatic carbocycles. The zero-order valence-corrected chi connectivity index (χ0v) is 10.5. The fourth-order valence-corrected chi connectivity index (χ4v) is 1.39. The molecule has 4 heteroatoms. The number of allylic oxidation sites excluding steroid dienone is 2. The molecule has 15 heavy (non-hydrogen) atoms. The van der Waals surface area contributed by atoms with E-state index in [9.17, 15) is 0 Å². The Morgan fingerprint density at radius 2 is 1.73 bits per heavy atom. The number of nitrogens with zero attached hydrogens (tertiary/aromatic N) is 1. The summed E-state index contributed by atoms with van der Waals surface area (Å²) in [6, 6.07) is 0. The van der Waals surface area contributed by atoms with E-state index in [2.05, 4.69) is 31.1 Å². The third-order valence-electron chi connectivity index (χ3n) is 1.97. The Morgan fingerprint density at radius 3 is 2.00 bits per heavy atom. The molecule has 0 aromatic rings. The standard InChI is InChI=1S/C11H22N4/c1-7(15-8(2)12)9(13)10(14-6)11(3,4)5/h13H2,1-6H3,(H2,12,15)/b9-7-,14-10+. The fourth-order valence-electron chi connectivity index (χ4n) is 1.39. The molecule has 0 saturated carbocycles. The second-order valence-electron chi connectivity index (χ2n) is 4.61. The third-order valence-corrected chi connectivity index (χ3v) is 1.97. The predicted molar refractivity (Wildman–Crippen MR) is 66.2 cm³/mol. The van der Waals surface area contributed by atoms with Gasteiger partial charge in [0.15, 0.2) is 0 Å². The van der Waals surface area contributed by atoms with Gasteiger partial charge >= 0.3 is 0 Å². The van der Waals surface area contributed by atoms with Crippen LogP contribution in [0.1, 0.15) is 34.6 Å². The highest BCUT2D eigenvalue weighted by Crippen LogP contribution is 2.20. The molecule has 4 N–H and O–H groups in total. The molecule has 0 spiro atoms. The quantitative estimate of drug-likeness (QED) is 0.481. The molecule has 0 aromatic heterocycles. The van der Waals surface area contributed by atoms with Crippen LogP contribution in [0, 0.1) is 10.8 Å². The minimum atomic E-state index is -0.0856. The van der Waals surface area contributed by atoms with Crippen LogP contribution in [0.15, 0.2) is 16.4 Å². The van der Waals surface area contributed by atoms with Crippen LogP contribution in [0.25, 0.3) is 0 Å². The van der Waals surface area contributed by atoms with Gasteiger partial charge in [-0.25, -0.2) is 0 Å². The molecule has 0 atom stereocenters. The van der Waals surface area contributed by atoms with Crippen molar-refractivity contribution in [1.82, 2.24) is 5.32 Å². The van der Waals surface area contributed by atoms with Crippen LogP contribution in [0.4, 0.5) is 0 Å². The Morgan fingerprint density at radius 1 is 1.27 bits per heavy atom. The first-order valence-electron chi connectivity index (χ1n) is 4.96. The summed E-state index contributed by atoms with van der Waals surface area (Å²) >= 11 is 0. The van der Waals surface area contributed by atoms with E-state index in [1.807, 2.05) is 6.92 Å². The third kappa shape index (κ3) is 4.14. The van der Waals surface area contributed by atoms with E-state index in [1.54, 1.807) is 14.0 Å². The van der Waals surface area contributed by atoms with Crippen LogP contribution >= 0.6 is 0 Å². The Labute approximate surface area is 92.2 Å². The number of rotatable bonds is 2. The van der Waals surface area contributed by atoms with Gasteiger partial charge in [-0.05, 0) is 13.8 Å². The number of aliphatic imine (C=N–C) groups is 1. The second-order valence-corrected chi connectivity index (χ2v) is 4.61. The van der Waals surface area contributed by atoms with Gasteiger partial charge in [-0.15, -0.1) is 0 Å². The fraction of sp³-hybridized carbons (Fsp3) is 0.636. The van der Waals surface area contributed by atoms with Gasteiger partial charge < -0.3 is 11.1 Å². The Balaban J connectivity index is 5.12. The zero-order valence-electron chi connectivity index (χ0n) is 10.5. The lowest BCUT2D eigenvalue weighted by atomic mass is 9.87. The molecule has 0 fully saturated rings. The van der Waals surface area contributed by atoms with Gasteiger partial charge in [0.1, 0.15) is 0 Å². The van der Waals surface area contributed by atoms with Crippen LogP contribution in [-0.4, -0.2) is 18.6 Å². The van der Waals surface area contributed by atoms with Crippen molar-refractivity contribution in [3.63, 3.8) is 0 Å².